The van der Waals surface area contributed by atoms with E-state index in [1.54, 1.807) is 13.2 Å². The van der Waals surface area contributed by atoms with E-state index in [1.165, 1.54) is 0 Å². The van der Waals surface area contributed by atoms with E-state index < -0.39 is 11.7 Å². The molecule has 0 aliphatic carbocycles. The van der Waals surface area contributed by atoms with Gasteiger partial charge in [0.1, 0.15) is 5.60 Å². The summed E-state index contributed by atoms with van der Waals surface area (Å²) < 4.78 is 7.08. The van der Waals surface area contributed by atoms with Gasteiger partial charge in [-0.3, -0.25) is 9.67 Å². The Labute approximate surface area is 167 Å². The number of halogens is 1. The fourth-order valence-electron chi connectivity index (χ4n) is 1.94. The third-order valence-electron chi connectivity index (χ3n) is 2.99. The summed E-state index contributed by atoms with van der Waals surface area (Å²) in [6.07, 6.45) is 3.31. The van der Waals surface area contributed by atoms with E-state index in [4.69, 9.17) is 4.74 Å². The van der Waals surface area contributed by atoms with Crippen molar-refractivity contribution < 1.29 is 9.53 Å². The van der Waals surface area contributed by atoms with E-state index in [0.29, 0.717) is 25.0 Å². The highest BCUT2D eigenvalue weighted by molar-refractivity contribution is 14.0. The molecule has 0 fully saturated rings. The second kappa shape index (κ2) is 11.9. The van der Waals surface area contributed by atoms with E-state index in [9.17, 15) is 4.79 Å². The largest absolute Gasteiger partial charge is 0.444 e. The van der Waals surface area contributed by atoms with Crippen molar-refractivity contribution in [2.45, 2.75) is 39.8 Å². The number of aromatic nitrogens is 2. The first-order chi connectivity index (χ1) is 11.3. The Morgan fingerprint density at radius 1 is 1.28 bits per heavy atom. The minimum atomic E-state index is -0.486. The smallest absolute Gasteiger partial charge is 0.407 e. The number of alkyl carbamates (subject to hydrolysis) is 1. The molecular weight excluding hydrogens is 435 g/mol. The van der Waals surface area contributed by atoms with Gasteiger partial charge in [0.15, 0.2) is 5.96 Å². The average molecular weight is 466 g/mol. The Morgan fingerprint density at radius 3 is 2.52 bits per heavy atom. The predicted octanol–water partition coefficient (Wildman–Crippen LogP) is 1.83. The minimum absolute atomic E-state index is 0. The first-order valence-corrected chi connectivity index (χ1v) is 8.19. The third-order valence-corrected chi connectivity index (χ3v) is 2.99. The van der Waals surface area contributed by atoms with E-state index in [1.807, 2.05) is 37.7 Å². The van der Waals surface area contributed by atoms with Crippen LogP contribution in [0.5, 0.6) is 0 Å². The Balaban J connectivity index is 0.00000576. The van der Waals surface area contributed by atoms with E-state index >= 15 is 0 Å². The van der Waals surface area contributed by atoms with Crippen LogP contribution in [0.2, 0.25) is 0 Å². The highest BCUT2D eigenvalue weighted by Crippen LogP contribution is 2.05. The first-order valence-electron chi connectivity index (χ1n) is 8.19. The molecule has 0 aliphatic heterocycles. The van der Waals surface area contributed by atoms with E-state index in [0.717, 1.165) is 13.1 Å². The van der Waals surface area contributed by atoms with Crippen LogP contribution in [0.3, 0.4) is 0 Å². The summed E-state index contributed by atoms with van der Waals surface area (Å²) in [7, 11) is 1.72. The molecule has 144 valence electrons. The van der Waals surface area contributed by atoms with Crippen LogP contribution in [0.1, 0.15) is 27.7 Å². The van der Waals surface area contributed by atoms with Gasteiger partial charge in [0, 0.05) is 45.6 Å². The maximum absolute atomic E-state index is 11.5. The summed E-state index contributed by atoms with van der Waals surface area (Å²) in [6, 6.07) is 1.91. The number of rotatable bonds is 7. The van der Waals surface area contributed by atoms with Gasteiger partial charge in [-0.15, -0.1) is 24.0 Å². The van der Waals surface area contributed by atoms with E-state index in [2.05, 4.69) is 33.0 Å². The molecule has 0 saturated carbocycles. The third kappa shape index (κ3) is 11.6. The van der Waals surface area contributed by atoms with Gasteiger partial charge in [-0.25, -0.2) is 4.79 Å². The molecule has 0 bridgehead atoms. The lowest BCUT2D eigenvalue weighted by atomic mass is 10.2. The van der Waals surface area contributed by atoms with Gasteiger partial charge in [0.05, 0.1) is 0 Å². The zero-order valence-corrected chi connectivity index (χ0v) is 18.0. The van der Waals surface area contributed by atoms with Gasteiger partial charge in [0.25, 0.3) is 0 Å². The molecule has 1 rings (SSSR count). The van der Waals surface area contributed by atoms with Crippen molar-refractivity contribution in [3.05, 3.63) is 18.5 Å². The molecule has 0 aliphatic rings. The number of nitrogens with zero attached hydrogens (tertiary/aromatic N) is 3. The lowest BCUT2D eigenvalue weighted by molar-refractivity contribution is 0.0529. The zero-order chi connectivity index (χ0) is 18.0. The topological polar surface area (TPSA) is 92.6 Å². The highest BCUT2D eigenvalue weighted by Gasteiger charge is 2.15. The maximum Gasteiger partial charge on any atom is 0.407 e. The number of guanidine groups is 1. The van der Waals surface area contributed by atoms with Crippen molar-refractivity contribution in [3.63, 3.8) is 0 Å². The molecule has 25 heavy (non-hydrogen) atoms. The second-order valence-electron chi connectivity index (χ2n) is 6.64. The Hall–Kier alpha value is -1.52. The summed E-state index contributed by atoms with van der Waals surface area (Å²) in [5.74, 6) is 1.11. The molecule has 1 amide bonds. The number of hydrogen-bond acceptors (Lipinski definition) is 4. The SMILES string of the molecule is CN=C(NCCNC(=O)OC(C)(C)C)NCC(C)Cn1cccn1.I. The molecule has 3 N–H and O–H groups in total. The maximum atomic E-state index is 11.5. The molecule has 1 heterocycles. The first kappa shape index (κ1) is 23.5. The lowest BCUT2D eigenvalue weighted by Gasteiger charge is -2.20. The molecule has 1 atom stereocenters. The van der Waals surface area contributed by atoms with Gasteiger partial charge >= 0.3 is 6.09 Å². The number of aliphatic imine (C=N–C) groups is 1. The normalized spacial score (nSPS) is 12.8. The molecule has 1 aromatic rings. The molecule has 1 unspecified atom stereocenters. The summed E-state index contributed by atoms with van der Waals surface area (Å²) in [5.41, 5.74) is -0.486. The fourth-order valence-corrected chi connectivity index (χ4v) is 1.94. The van der Waals surface area contributed by atoms with Gasteiger partial charge in [-0.2, -0.15) is 5.10 Å². The van der Waals surface area contributed by atoms with Crippen LogP contribution in [-0.2, 0) is 11.3 Å². The van der Waals surface area contributed by atoms with Crippen molar-refractivity contribution in [3.8, 4) is 0 Å². The van der Waals surface area contributed by atoms with Crippen LogP contribution in [-0.4, -0.2) is 54.1 Å². The van der Waals surface area contributed by atoms with Crippen LogP contribution < -0.4 is 16.0 Å². The minimum Gasteiger partial charge on any atom is -0.444 e. The molecule has 1 aromatic heterocycles. The Kier molecular flexibility index (Phi) is 11.2. The average Bonchev–Trinajstić information content (AvgIpc) is 2.97. The molecular formula is C16H31IN6O2. The fraction of sp³-hybridized carbons (Fsp3) is 0.688. The molecule has 0 radical (unpaired) electrons. The number of carbonyl (C=O) groups is 1. The lowest BCUT2D eigenvalue weighted by Crippen LogP contribution is -2.43. The molecule has 9 heteroatoms. The van der Waals surface area contributed by atoms with Gasteiger partial charge in [-0.1, -0.05) is 6.92 Å². The molecule has 8 nitrogen and oxygen atoms in total. The van der Waals surface area contributed by atoms with Crippen LogP contribution in [0.25, 0.3) is 0 Å². The van der Waals surface area contributed by atoms with Crippen molar-refractivity contribution >= 4 is 36.0 Å². The number of nitrogens with one attached hydrogen (secondary N) is 3. The van der Waals surface area contributed by atoms with Crippen molar-refractivity contribution in [2.75, 3.05) is 26.7 Å². The summed E-state index contributed by atoms with van der Waals surface area (Å²) >= 11 is 0. The van der Waals surface area contributed by atoms with Crippen LogP contribution >= 0.6 is 24.0 Å². The molecule has 0 spiro atoms. The van der Waals surface area contributed by atoms with Crippen molar-refractivity contribution in [2.24, 2.45) is 10.9 Å². The Bertz CT molecular complexity index is 513. The summed E-state index contributed by atoms with van der Waals surface area (Å²) in [4.78, 5) is 15.7. The van der Waals surface area contributed by atoms with Gasteiger partial charge in [0.2, 0.25) is 0 Å². The zero-order valence-electron chi connectivity index (χ0n) is 15.7. The second-order valence-corrected chi connectivity index (χ2v) is 6.64. The van der Waals surface area contributed by atoms with Gasteiger partial charge < -0.3 is 20.7 Å². The highest BCUT2D eigenvalue weighted by atomic mass is 127. The van der Waals surface area contributed by atoms with Crippen molar-refractivity contribution in [1.29, 1.82) is 0 Å². The summed E-state index contributed by atoms with van der Waals surface area (Å²) in [6.45, 7) is 10.3. The Morgan fingerprint density at radius 2 is 1.96 bits per heavy atom. The number of amides is 1. The van der Waals surface area contributed by atoms with Crippen LogP contribution in [0.15, 0.2) is 23.5 Å². The quantitative estimate of drug-likeness (QED) is 0.247. The number of carbonyl (C=O) groups excluding carboxylic acids is 1. The van der Waals surface area contributed by atoms with Crippen LogP contribution in [0, 0.1) is 5.92 Å². The standard InChI is InChI=1S/C16H30N6O2.HI/c1-13(12-22-10-6-7-21-22)11-20-14(17-5)18-8-9-19-15(23)24-16(2,3)4;/h6-7,10,13H,8-9,11-12H2,1-5H3,(H,19,23)(H2,17,18,20);1H. The van der Waals surface area contributed by atoms with E-state index in [-0.39, 0.29) is 24.0 Å². The summed E-state index contributed by atoms with van der Waals surface area (Å²) in [5, 5.41) is 13.3. The predicted molar refractivity (Wildman–Crippen MR) is 110 cm³/mol. The number of hydrogen-bond donors (Lipinski definition) is 3. The molecule has 0 saturated heterocycles. The van der Waals surface area contributed by atoms with Crippen LogP contribution in [0.4, 0.5) is 4.79 Å². The molecule has 0 aromatic carbocycles. The van der Waals surface area contributed by atoms with Crippen molar-refractivity contribution in [1.82, 2.24) is 25.7 Å². The monoisotopic (exact) mass is 466 g/mol. The van der Waals surface area contributed by atoms with Gasteiger partial charge in [-0.05, 0) is 32.8 Å². The number of ether oxygens (including phenoxy) is 1.